The Labute approximate surface area is 229 Å². The fourth-order valence-electron chi connectivity index (χ4n) is 4.59. The largest absolute Gasteiger partial charge is 0.388 e. The lowest BCUT2D eigenvalue weighted by molar-refractivity contribution is -0.112. The summed E-state index contributed by atoms with van der Waals surface area (Å²) in [5, 5.41) is 13.1. The van der Waals surface area contributed by atoms with Crippen LogP contribution in [-0.2, 0) is 15.6 Å². The van der Waals surface area contributed by atoms with Gasteiger partial charge in [0.15, 0.2) is 5.12 Å². The van der Waals surface area contributed by atoms with Gasteiger partial charge in [-0.25, -0.2) is 4.21 Å². The molecule has 0 heterocycles. The summed E-state index contributed by atoms with van der Waals surface area (Å²) in [4.78, 5) is 14.2. The summed E-state index contributed by atoms with van der Waals surface area (Å²) < 4.78 is 14.5. The first-order chi connectivity index (χ1) is 17.2. The molecule has 0 saturated heterocycles. The number of hydrogen-bond donors (Lipinski definition) is 1. The summed E-state index contributed by atoms with van der Waals surface area (Å²) in [6.45, 7) is 18.9. The quantitative estimate of drug-likeness (QED) is 0.311. The Balaban J connectivity index is 2.27. The number of rotatable bonds is 8. The van der Waals surface area contributed by atoms with E-state index in [1.54, 1.807) is 0 Å². The Morgan fingerprint density at radius 1 is 0.838 bits per heavy atom. The molecule has 3 aromatic carbocycles. The Morgan fingerprint density at radius 3 is 1.92 bits per heavy atom. The minimum Gasteiger partial charge on any atom is -0.388 e. The van der Waals surface area contributed by atoms with Crippen LogP contribution in [0.15, 0.2) is 58.3 Å². The molecule has 0 radical (unpaired) electrons. The second-order valence-electron chi connectivity index (χ2n) is 11.8. The molecule has 0 amide bonds. The van der Waals surface area contributed by atoms with E-state index >= 15 is 0 Å². The van der Waals surface area contributed by atoms with Crippen LogP contribution in [0.4, 0.5) is 0 Å². The van der Waals surface area contributed by atoms with Gasteiger partial charge in [-0.2, -0.15) is 0 Å². The number of carbonyl (C=O) groups excluding carboxylic acids is 1. The molecular formula is C32H42O3S2. The van der Waals surface area contributed by atoms with Crippen molar-refractivity contribution < 1.29 is 14.1 Å². The Morgan fingerprint density at radius 2 is 1.41 bits per heavy atom. The molecule has 2 atom stereocenters. The van der Waals surface area contributed by atoms with E-state index in [-0.39, 0.29) is 28.1 Å². The fourth-order valence-corrected chi connectivity index (χ4v) is 7.54. The molecule has 0 aliphatic rings. The van der Waals surface area contributed by atoms with E-state index in [1.807, 2.05) is 57.2 Å². The average Bonchev–Trinajstić information content (AvgIpc) is 2.80. The topological polar surface area (TPSA) is 54.4 Å². The molecule has 0 fully saturated rings. The normalized spacial score (nSPS) is 14.1. The summed E-state index contributed by atoms with van der Waals surface area (Å²) in [5.41, 5.74) is 3.98. The summed E-state index contributed by atoms with van der Waals surface area (Å²) in [7, 11) is -1.55. The van der Waals surface area contributed by atoms with Crippen LogP contribution in [0.25, 0.3) is 10.8 Å². The van der Waals surface area contributed by atoms with E-state index in [1.165, 1.54) is 17.3 Å². The summed E-state index contributed by atoms with van der Waals surface area (Å²) >= 11 is 1.24. The molecule has 1 unspecified atom stereocenters. The lowest BCUT2D eigenvalue weighted by Crippen LogP contribution is -2.15. The molecule has 1 N–H and O–H groups in total. The van der Waals surface area contributed by atoms with Gasteiger partial charge >= 0.3 is 0 Å². The maximum atomic E-state index is 14.7. The number of aliphatic hydroxyl groups excluding tert-OH is 1. The number of benzene rings is 3. The minimum absolute atomic E-state index is 0.0230. The van der Waals surface area contributed by atoms with E-state index < -0.39 is 16.9 Å². The monoisotopic (exact) mass is 538 g/mol. The van der Waals surface area contributed by atoms with Gasteiger partial charge in [0.25, 0.3) is 0 Å². The van der Waals surface area contributed by atoms with Crippen molar-refractivity contribution in [1.29, 1.82) is 0 Å². The maximum absolute atomic E-state index is 14.7. The lowest BCUT2D eigenvalue weighted by atomic mass is 9.89. The predicted molar refractivity (Wildman–Crippen MR) is 159 cm³/mol. The molecule has 0 aromatic heterocycles. The third-order valence-electron chi connectivity index (χ3n) is 6.50. The van der Waals surface area contributed by atoms with E-state index in [9.17, 15) is 14.1 Å². The molecule has 5 heteroatoms. The summed E-state index contributed by atoms with van der Waals surface area (Å²) in [6, 6.07) is 16.1. The number of carbonyl (C=O) groups is 1. The van der Waals surface area contributed by atoms with Gasteiger partial charge < -0.3 is 5.11 Å². The van der Waals surface area contributed by atoms with Crippen LogP contribution in [0.3, 0.4) is 0 Å². The molecule has 37 heavy (non-hydrogen) atoms. The van der Waals surface area contributed by atoms with Crippen molar-refractivity contribution in [3.63, 3.8) is 0 Å². The molecule has 0 aliphatic heterocycles. The molecule has 3 aromatic rings. The highest BCUT2D eigenvalue weighted by molar-refractivity contribution is 8.14. The zero-order chi connectivity index (χ0) is 27.7. The Bertz CT molecular complexity index is 1270. The molecule has 200 valence electrons. The van der Waals surface area contributed by atoms with E-state index in [0.717, 1.165) is 26.8 Å². The van der Waals surface area contributed by atoms with Gasteiger partial charge in [-0.15, -0.1) is 0 Å². The van der Waals surface area contributed by atoms with E-state index in [0.29, 0.717) is 16.4 Å². The van der Waals surface area contributed by atoms with Crippen LogP contribution < -0.4 is 0 Å². The smallest absolute Gasteiger partial charge is 0.192 e. The first-order valence-corrected chi connectivity index (χ1v) is 15.2. The van der Waals surface area contributed by atoms with Crippen LogP contribution in [0.5, 0.6) is 0 Å². The van der Waals surface area contributed by atoms with Gasteiger partial charge in [0, 0.05) is 11.2 Å². The minimum atomic E-state index is -1.55. The summed E-state index contributed by atoms with van der Waals surface area (Å²) in [6.07, 6.45) is -1.06. The average molecular weight is 539 g/mol. The third-order valence-corrected chi connectivity index (χ3v) is 9.17. The molecule has 0 bridgehead atoms. The molecule has 0 spiro atoms. The first kappa shape index (κ1) is 29.6. The predicted octanol–water partition coefficient (Wildman–Crippen LogP) is 8.86. The molecule has 3 rings (SSSR count). The summed E-state index contributed by atoms with van der Waals surface area (Å²) in [5.74, 6) is 0.727. The zero-order valence-electron chi connectivity index (χ0n) is 23.7. The van der Waals surface area contributed by atoms with Crippen LogP contribution in [0.1, 0.15) is 115 Å². The van der Waals surface area contributed by atoms with Crippen molar-refractivity contribution in [2.24, 2.45) is 0 Å². The number of hydrogen-bond acceptors (Lipinski definition) is 4. The van der Waals surface area contributed by atoms with Gasteiger partial charge in [-0.3, -0.25) is 4.79 Å². The third kappa shape index (κ3) is 6.93. The van der Waals surface area contributed by atoms with Gasteiger partial charge in [-0.1, -0.05) is 123 Å². The van der Waals surface area contributed by atoms with Crippen molar-refractivity contribution >= 4 is 38.4 Å². The van der Waals surface area contributed by atoms with Crippen LogP contribution in [0.2, 0.25) is 0 Å². The van der Waals surface area contributed by atoms with Gasteiger partial charge in [0.05, 0.1) is 26.7 Å². The number of fused-ring (bicyclic) bond motifs is 1. The van der Waals surface area contributed by atoms with E-state index in [2.05, 4.69) is 53.7 Å². The lowest BCUT2D eigenvalue weighted by Gasteiger charge is -2.25. The van der Waals surface area contributed by atoms with Crippen molar-refractivity contribution in [1.82, 2.24) is 0 Å². The Hall–Kier alpha value is -1.95. The molecule has 3 nitrogen and oxygen atoms in total. The second-order valence-corrected chi connectivity index (χ2v) is 15.0. The number of thioether (sulfide) groups is 1. The van der Waals surface area contributed by atoms with Crippen LogP contribution in [-0.4, -0.2) is 19.2 Å². The zero-order valence-corrected chi connectivity index (χ0v) is 25.3. The second kappa shape index (κ2) is 11.8. The Kier molecular flexibility index (Phi) is 9.47. The van der Waals surface area contributed by atoms with Crippen LogP contribution >= 0.6 is 11.8 Å². The van der Waals surface area contributed by atoms with E-state index in [4.69, 9.17) is 0 Å². The number of aliphatic hydroxyl groups is 1. The standard InChI is InChI=1S/C32H42O3S2/c1-19(2)23-16-26(20(3)4)31(27(17-23)21(5)6)37(35)30-24-13-11-10-12-22(24)14-15-25(30)28(33)18-29(34)36-32(7,8)9/h10-17,19-21,28,33H,18H2,1-9H3/t28-,37?/m0/s1. The SMILES string of the molecule is CC(C)c1cc(C(C)C)c(S(=O)c2c([C@@H](O)CC(=O)SC(C)(C)C)ccc3ccccc23)c(C(C)C)c1. The van der Waals surface area contributed by atoms with Crippen molar-refractivity contribution in [2.45, 2.75) is 107 Å². The van der Waals surface area contributed by atoms with Crippen LogP contribution in [0, 0.1) is 0 Å². The van der Waals surface area contributed by atoms with Gasteiger partial charge in [0.2, 0.25) is 0 Å². The molecular weight excluding hydrogens is 496 g/mol. The highest BCUT2D eigenvalue weighted by Crippen LogP contribution is 2.41. The van der Waals surface area contributed by atoms with Crippen molar-refractivity contribution in [3.05, 3.63) is 70.8 Å². The van der Waals surface area contributed by atoms with Gasteiger partial charge in [0.1, 0.15) is 0 Å². The highest BCUT2D eigenvalue weighted by atomic mass is 32.2. The first-order valence-electron chi connectivity index (χ1n) is 13.2. The highest BCUT2D eigenvalue weighted by Gasteiger charge is 2.28. The van der Waals surface area contributed by atoms with Crippen molar-refractivity contribution in [2.75, 3.05) is 0 Å². The fraction of sp³-hybridized carbons (Fsp3) is 0.469. The molecule has 0 saturated carbocycles. The van der Waals surface area contributed by atoms with Crippen molar-refractivity contribution in [3.8, 4) is 0 Å². The maximum Gasteiger partial charge on any atom is 0.192 e. The molecule has 0 aliphatic carbocycles. The van der Waals surface area contributed by atoms with Gasteiger partial charge in [-0.05, 0) is 50.8 Å².